The molecule has 3 aromatic rings. The van der Waals surface area contributed by atoms with E-state index in [0.29, 0.717) is 28.3 Å². The van der Waals surface area contributed by atoms with Gasteiger partial charge in [-0.05, 0) is 37.6 Å². The van der Waals surface area contributed by atoms with Crippen LogP contribution in [0.5, 0.6) is 0 Å². The van der Waals surface area contributed by atoms with Gasteiger partial charge in [0.05, 0.1) is 22.2 Å². The number of hydrogen-bond donors (Lipinski definition) is 1. The molecule has 7 nitrogen and oxygen atoms in total. The van der Waals surface area contributed by atoms with E-state index in [4.69, 9.17) is 5.26 Å². The number of nitrogens with one attached hydrogen (secondary N) is 1. The second kappa shape index (κ2) is 7.25. The molecule has 8 heteroatoms. The summed E-state index contributed by atoms with van der Waals surface area (Å²) in [5.41, 5.74) is 2.01. The molecule has 0 fully saturated rings. The van der Waals surface area contributed by atoms with Crippen molar-refractivity contribution in [1.29, 1.82) is 5.26 Å². The Morgan fingerprint density at radius 3 is 2.70 bits per heavy atom. The summed E-state index contributed by atoms with van der Waals surface area (Å²) in [7, 11) is 0. The highest BCUT2D eigenvalue weighted by Crippen LogP contribution is 2.28. The number of aryl methyl sites for hydroxylation is 1. The third kappa shape index (κ3) is 3.62. The SMILES string of the molecule is Cc1c(NCc2ccc(-n3ccnc3C)c(F)c2)cc(C#N)cc1[N+](=O)[O-]. The average molecular weight is 365 g/mol. The van der Waals surface area contributed by atoms with Crippen molar-refractivity contribution in [2.75, 3.05) is 5.32 Å². The lowest BCUT2D eigenvalue weighted by Crippen LogP contribution is -2.05. The molecule has 1 N–H and O–H groups in total. The number of benzene rings is 2. The van der Waals surface area contributed by atoms with E-state index in [1.54, 1.807) is 49.0 Å². The molecule has 0 aliphatic heterocycles. The summed E-state index contributed by atoms with van der Waals surface area (Å²) in [5, 5.41) is 23.3. The van der Waals surface area contributed by atoms with Gasteiger partial charge in [-0.1, -0.05) is 6.07 Å². The first-order valence-electron chi connectivity index (χ1n) is 8.12. The summed E-state index contributed by atoms with van der Waals surface area (Å²) >= 11 is 0. The van der Waals surface area contributed by atoms with Crippen molar-refractivity contribution < 1.29 is 9.31 Å². The van der Waals surface area contributed by atoms with Crippen LogP contribution in [0.25, 0.3) is 5.69 Å². The van der Waals surface area contributed by atoms with Gasteiger partial charge in [0.1, 0.15) is 11.6 Å². The van der Waals surface area contributed by atoms with E-state index in [2.05, 4.69) is 10.3 Å². The number of nitrogens with zero attached hydrogens (tertiary/aromatic N) is 4. The fourth-order valence-corrected chi connectivity index (χ4v) is 2.82. The number of rotatable bonds is 5. The molecule has 27 heavy (non-hydrogen) atoms. The first-order valence-corrected chi connectivity index (χ1v) is 8.12. The number of hydrogen-bond acceptors (Lipinski definition) is 5. The molecule has 1 heterocycles. The Morgan fingerprint density at radius 2 is 2.11 bits per heavy atom. The van der Waals surface area contributed by atoms with Crippen LogP contribution in [0.3, 0.4) is 0 Å². The normalized spacial score (nSPS) is 10.4. The summed E-state index contributed by atoms with van der Waals surface area (Å²) in [6, 6.07) is 9.52. The smallest absolute Gasteiger partial charge is 0.275 e. The van der Waals surface area contributed by atoms with Gasteiger partial charge in [0, 0.05) is 36.3 Å². The summed E-state index contributed by atoms with van der Waals surface area (Å²) in [5.74, 6) is 0.278. The van der Waals surface area contributed by atoms with Gasteiger partial charge in [-0.3, -0.25) is 10.1 Å². The van der Waals surface area contributed by atoms with Crippen molar-refractivity contribution in [3.05, 3.63) is 81.2 Å². The first-order chi connectivity index (χ1) is 12.9. The van der Waals surface area contributed by atoms with Crippen LogP contribution in [0.4, 0.5) is 15.8 Å². The Labute approximate surface area is 154 Å². The zero-order valence-electron chi connectivity index (χ0n) is 14.7. The van der Waals surface area contributed by atoms with Gasteiger partial charge in [-0.15, -0.1) is 0 Å². The number of nitro groups is 1. The summed E-state index contributed by atoms with van der Waals surface area (Å²) in [6.45, 7) is 3.65. The van der Waals surface area contributed by atoms with Gasteiger partial charge >= 0.3 is 0 Å². The Kier molecular flexibility index (Phi) is 4.86. The quantitative estimate of drug-likeness (QED) is 0.544. The summed E-state index contributed by atoms with van der Waals surface area (Å²) < 4.78 is 16.1. The molecular formula is C19H16FN5O2. The molecule has 0 saturated heterocycles. The second-order valence-corrected chi connectivity index (χ2v) is 6.02. The van der Waals surface area contributed by atoms with Crippen LogP contribution in [-0.4, -0.2) is 14.5 Å². The van der Waals surface area contributed by atoms with E-state index in [0.717, 1.165) is 0 Å². The standard InChI is InChI=1S/C19H16FN5O2/c1-12-17(8-15(10-21)9-19(12)25(26)27)23-11-14-3-4-18(16(20)7-14)24-6-5-22-13(24)2/h3-9,23H,11H2,1-2H3. The largest absolute Gasteiger partial charge is 0.381 e. The van der Waals surface area contributed by atoms with Gasteiger partial charge in [-0.2, -0.15) is 5.26 Å². The molecule has 2 aromatic carbocycles. The summed E-state index contributed by atoms with van der Waals surface area (Å²) in [4.78, 5) is 14.7. The Bertz CT molecular complexity index is 1070. The molecule has 0 radical (unpaired) electrons. The molecule has 3 rings (SSSR count). The molecule has 0 aliphatic rings. The molecule has 0 atom stereocenters. The lowest BCUT2D eigenvalue weighted by Gasteiger charge is -2.12. The number of imidazole rings is 1. The number of nitriles is 1. The third-order valence-corrected chi connectivity index (χ3v) is 4.29. The third-order valence-electron chi connectivity index (χ3n) is 4.29. The highest BCUT2D eigenvalue weighted by Gasteiger charge is 2.16. The minimum atomic E-state index is -0.525. The van der Waals surface area contributed by atoms with Crippen molar-refractivity contribution in [1.82, 2.24) is 9.55 Å². The zero-order chi connectivity index (χ0) is 19.6. The predicted molar refractivity (Wildman–Crippen MR) is 98.1 cm³/mol. The fraction of sp³-hybridized carbons (Fsp3) is 0.158. The van der Waals surface area contributed by atoms with Crippen LogP contribution in [0, 0.1) is 41.1 Å². The molecule has 0 aliphatic carbocycles. The van der Waals surface area contributed by atoms with Gasteiger partial charge < -0.3 is 9.88 Å². The van der Waals surface area contributed by atoms with E-state index in [-0.39, 0.29) is 17.8 Å². The monoisotopic (exact) mass is 365 g/mol. The topological polar surface area (TPSA) is 96.8 Å². The van der Waals surface area contributed by atoms with Crippen molar-refractivity contribution in [3.63, 3.8) is 0 Å². The van der Waals surface area contributed by atoms with Crippen molar-refractivity contribution >= 4 is 11.4 Å². The average Bonchev–Trinajstić information content (AvgIpc) is 3.06. The molecule has 136 valence electrons. The molecule has 0 spiro atoms. The van der Waals surface area contributed by atoms with Gasteiger partial charge in [0.2, 0.25) is 0 Å². The van der Waals surface area contributed by atoms with Crippen LogP contribution in [0.2, 0.25) is 0 Å². The zero-order valence-corrected chi connectivity index (χ0v) is 14.7. The number of anilines is 1. The molecule has 0 saturated carbocycles. The molecule has 0 unspecified atom stereocenters. The van der Waals surface area contributed by atoms with E-state index < -0.39 is 10.7 Å². The highest BCUT2D eigenvalue weighted by molar-refractivity contribution is 5.64. The summed E-state index contributed by atoms with van der Waals surface area (Å²) in [6.07, 6.45) is 3.28. The Balaban J connectivity index is 1.85. The first kappa shape index (κ1) is 18.1. The minimum Gasteiger partial charge on any atom is -0.381 e. The van der Waals surface area contributed by atoms with Crippen LogP contribution >= 0.6 is 0 Å². The van der Waals surface area contributed by atoms with Crippen molar-refractivity contribution in [2.45, 2.75) is 20.4 Å². The van der Waals surface area contributed by atoms with Gasteiger partial charge in [0.25, 0.3) is 5.69 Å². The maximum Gasteiger partial charge on any atom is 0.275 e. The van der Waals surface area contributed by atoms with E-state index in [1.807, 2.05) is 6.07 Å². The van der Waals surface area contributed by atoms with Crippen molar-refractivity contribution in [3.8, 4) is 11.8 Å². The van der Waals surface area contributed by atoms with Gasteiger partial charge in [-0.25, -0.2) is 9.37 Å². The molecule has 0 bridgehead atoms. The van der Waals surface area contributed by atoms with Crippen LogP contribution in [0.15, 0.2) is 42.7 Å². The molecule has 1 aromatic heterocycles. The molecule has 0 amide bonds. The Morgan fingerprint density at radius 1 is 1.33 bits per heavy atom. The van der Waals surface area contributed by atoms with E-state index in [9.17, 15) is 14.5 Å². The van der Waals surface area contributed by atoms with E-state index in [1.165, 1.54) is 12.1 Å². The molecular weight excluding hydrogens is 349 g/mol. The minimum absolute atomic E-state index is 0.131. The van der Waals surface area contributed by atoms with Crippen LogP contribution in [-0.2, 0) is 6.54 Å². The van der Waals surface area contributed by atoms with E-state index >= 15 is 0 Å². The predicted octanol–water partition coefficient (Wildman–Crippen LogP) is 4.02. The lowest BCUT2D eigenvalue weighted by atomic mass is 10.1. The lowest BCUT2D eigenvalue weighted by molar-refractivity contribution is -0.385. The van der Waals surface area contributed by atoms with Crippen LogP contribution < -0.4 is 5.32 Å². The number of halogens is 1. The number of nitro benzene ring substituents is 1. The maximum absolute atomic E-state index is 14.5. The highest BCUT2D eigenvalue weighted by atomic mass is 19.1. The Hall–Kier alpha value is -3.73. The maximum atomic E-state index is 14.5. The second-order valence-electron chi connectivity index (χ2n) is 6.02. The number of aromatic nitrogens is 2. The van der Waals surface area contributed by atoms with Crippen molar-refractivity contribution in [2.24, 2.45) is 0 Å². The van der Waals surface area contributed by atoms with Crippen LogP contribution in [0.1, 0.15) is 22.5 Å². The van der Waals surface area contributed by atoms with Gasteiger partial charge in [0.15, 0.2) is 0 Å². The fourth-order valence-electron chi connectivity index (χ4n) is 2.82.